The third kappa shape index (κ3) is 2.78. The first-order valence-corrected chi connectivity index (χ1v) is 4.60. The molecule has 0 spiro atoms. The van der Waals surface area contributed by atoms with Gasteiger partial charge in [-0.05, 0) is 15.9 Å². The minimum absolute atomic E-state index is 0.0864. The summed E-state index contributed by atoms with van der Waals surface area (Å²) in [5, 5.41) is 0. The smallest absolute Gasteiger partial charge is 0.267 e. The molecule has 1 heterocycles. The Morgan fingerprint density at radius 1 is 1.62 bits per heavy atom. The van der Waals surface area contributed by atoms with Crippen molar-refractivity contribution in [3.05, 3.63) is 39.5 Å². The second-order valence-corrected chi connectivity index (χ2v) is 3.26. The lowest BCUT2D eigenvalue weighted by Gasteiger charge is -1.99. The van der Waals surface area contributed by atoms with Crippen molar-refractivity contribution in [3.8, 4) is 0 Å². The molecule has 4 nitrogen and oxygen atoms in total. The van der Waals surface area contributed by atoms with Gasteiger partial charge in [0.2, 0.25) is 0 Å². The first-order chi connectivity index (χ1) is 6.25. The fourth-order valence-electron chi connectivity index (χ4n) is 0.838. The van der Waals surface area contributed by atoms with Crippen molar-refractivity contribution < 1.29 is 0 Å². The number of allylic oxidation sites excluding steroid dienone is 1. The van der Waals surface area contributed by atoms with Crippen LogP contribution in [0.1, 0.15) is 0 Å². The zero-order chi connectivity index (χ0) is 9.68. The van der Waals surface area contributed by atoms with Crippen LogP contribution >= 0.6 is 15.9 Å². The molecule has 0 aliphatic heterocycles. The Balaban J connectivity index is 2.84. The molecule has 0 saturated heterocycles. The summed E-state index contributed by atoms with van der Waals surface area (Å²) in [6.07, 6.45) is 6.60. The Bertz CT molecular complexity index is 359. The van der Waals surface area contributed by atoms with Crippen LogP contribution in [0.5, 0.6) is 0 Å². The van der Waals surface area contributed by atoms with Crippen molar-refractivity contribution in [2.75, 3.05) is 6.54 Å². The van der Waals surface area contributed by atoms with Gasteiger partial charge in [0.1, 0.15) is 4.47 Å². The highest BCUT2D eigenvalue weighted by Gasteiger charge is 1.97. The molecule has 1 rings (SSSR count). The van der Waals surface area contributed by atoms with Crippen LogP contribution in [0, 0.1) is 0 Å². The number of hydrogen-bond donors (Lipinski definition) is 1. The van der Waals surface area contributed by atoms with E-state index < -0.39 is 0 Å². The molecule has 0 aromatic carbocycles. The van der Waals surface area contributed by atoms with E-state index in [1.165, 1.54) is 17.1 Å². The zero-order valence-electron chi connectivity index (χ0n) is 6.98. The fourth-order valence-corrected chi connectivity index (χ4v) is 1.18. The van der Waals surface area contributed by atoms with Crippen LogP contribution in [-0.4, -0.2) is 16.1 Å². The molecule has 0 fully saturated rings. The van der Waals surface area contributed by atoms with Crippen molar-refractivity contribution in [2.45, 2.75) is 6.54 Å². The van der Waals surface area contributed by atoms with Crippen molar-refractivity contribution >= 4 is 15.9 Å². The van der Waals surface area contributed by atoms with E-state index in [4.69, 9.17) is 5.73 Å². The van der Waals surface area contributed by atoms with E-state index >= 15 is 0 Å². The van der Waals surface area contributed by atoms with Gasteiger partial charge in [0.15, 0.2) is 0 Å². The summed E-state index contributed by atoms with van der Waals surface area (Å²) < 4.78 is 1.96. The standard InChI is InChI=1S/C8H10BrN3O/c9-7-5-11-6-12(8(7)13)4-2-1-3-10/h1-2,5-6H,3-4,10H2. The molecule has 0 amide bonds. The number of nitrogens with zero attached hydrogens (tertiary/aromatic N) is 2. The highest BCUT2D eigenvalue weighted by atomic mass is 79.9. The van der Waals surface area contributed by atoms with Crippen molar-refractivity contribution in [3.63, 3.8) is 0 Å². The van der Waals surface area contributed by atoms with Gasteiger partial charge in [0.05, 0.1) is 6.33 Å². The molecule has 0 bridgehead atoms. The van der Waals surface area contributed by atoms with Gasteiger partial charge in [-0.2, -0.15) is 0 Å². The van der Waals surface area contributed by atoms with Gasteiger partial charge in [-0.3, -0.25) is 9.36 Å². The van der Waals surface area contributed by atoms with E-state index in [0.29, 0.717) is 17.6 Å². The highest BCUT2D eigenvalue weighted by molar-refractivity contribution is 9.10. The molecule has 0 radical (unpaired) electrons. The largest absolute Gasteiger partial charge is 0.327 e. The second-order valence-electron chi connectivity index (χ2n) is 2.41. The first-order valence-electron chi connectivity index (χ1n) is 3.80. The normalized spacial score (nSPS) is 10.9. The number of rotatable bonds is 3. The summed E-state index contributed by atoms with van der Waals surface area (Å²) in [6, 6.07) is 0. The van der Waals surface area contributed by atoms with Gasteiger partial charge in [0, 0.05) is 19.3 Å². The Morgan fingerprint density at radius 2 is 2.38 bits per heavy atom. The van der Waals surface area contributed by atoms with Gasteiger partial charge in [0.25, 0.3) is 5.56 Å². The van der Waals surface area contributed by atoms with Gasteiger partial charge < -0.3 is 5.73 Å². The number of nitrogens with two attached hydrogens (primary N) is 1. The second kappa shape index (κ2) is 4.94. The quantitative estimate of drug-likeness (QED) is 0.788. The Morgan fingerprint density at radius 3 is 3.08 bits per heavy atom. The molecule has 0 saturated carbocycles. The summed E-state index contributed by atoms with van der Waals surface area (Å²) in [4.78, 5) is 15.2. The van der Waals surface area contributed by atoms with Crippen molar-refractivity contribution in [1.29, 1.82) is 0 Å². The average Bonchev–Trinajstić information content (AvgIpc) is 2.13. The van der Waals surface area contributed by atoms with E-state index in [-0.39, 0.29) is 5.56 Å². The summed E-state index contributed by atoms with van der Waals surface area (Å²) in [5.74, 6) is 0. The van der Waals surface area contributed by atoms with Gasteiger partial charge in [-0.15, -0.1) is 0 Å². The summed E-state index contributed by atoms with van der Waals surface area (Å²) in [6.45, 7) is 0.985. The highest BCUT2D eigenvalue weighted by Crippen LogP contribution is 1.97. The number of aromatic nitrogens is 2. The Hall–Kier alpha value is -0.940. The summed E-state index contributed by atoms with van der Waals surface area (Å²) in [7, 11) is 0. The van der Waals surface area contributed by atoms with E-state index in [0.717, 1.165) is 0 Å². The molecule has 13 heavy (non-hydrogen) atoms. The minimum atomic E-state index is -0.0864. The molecular formula is C8H10BrN3O. The lowest BCUT2D eigenvalue weighted by Crippen LogP contribution is -2.19. The topological polar surface area (TPSA) is 60.9 Å². The van der Waals surface area contributed by atoms with E-state index in [1.54, 1.807) is 6.08 Å². The van der Waals surface area contributed by atoms with E-state index in [9.17, 15) is 4.79 Å². The SMILES string of the molecule is NCC=CCn1cncc(Br)c1=O. The van der Waals surface area contributed by atoms with Gasteiger partial charge in [-0.1, -0.05) is 12.2 Å². The van der Waals surface area contributed by atoms with Crippen molar-refractivity contribution in [1.82, 2.24) is 9.55 Å². The maximum absolute atomic E-state index is 11.4. The first kappa shape index (κ1) is 10.1. The Labute approximate surface area is 84.2 Å². The summed E-state index contributed by atoms with van der Waals surface area (Å²) in [5.41, 5.74) is 5.18. The third-order valence-electron chi connectivity index (χ3n) is 1.46. The van der Waals surface area contributed by atoms with Crippen LogP contribution in [-0.2, 0) is 6.54 Å². The third-order valence-corrected chi connectivity index (χ3v) is 2.01. The van der Waals surface area contributed by atoms with Crippen LogP contribution in [0.25, 0.3) is 0 Å². The van der Waals surface area contributed by atoms with Crippen LogP contribution in [0.2, 0.25) is 0 Å². The molecular weight excluding hydrogens is 234 g/mol. The molecule has 1 aromatic rings. The van der Waals surface area contributed by atoms with Gasteiger partial charge >= 0.3 is 0 Å². The predicted octanol–water partition coefficient (Wildman–Crippen LogP) is 0.521. The molecule has 0 atom stereocenters. The average molecular weight is 244 g/mol. The van der Waals surface area contributed by atoms with E-state index in [1.807, 2.05) is 6.08 Å². The molecule has 5 heteroatoms. The molecule has 0 aliphatic rings. The lowest BCUT2D eigenvalue weighted by atomic mass is 10.5. The van der Waals surface area contributed by atoms with Crippen molar-refractivity contribution in [2.24, 2.45) is 5.73 Å². The lowest BCUT2D eigenvalue weighted by molar-refractivity contribution is 0.746. The molecule has 70 valence electrons. The maximum atomic E-state index is 11.4. The monoisotopic (exact) mass is 243 g/mol. The molecule has 1 aromatic heterocycles. The van der Waals surface area contributed by atoms with Crippen LogP contribution in [0.4, 0.5) is 0 Å². The predicted molar refractivity (Wildman–Crippen MR) is 54.4 cm³/mol. The maximum Gasteiger partial charge on any atom is 0.267 e. The van der Waals surface area contributed by atoms with Crippen LogP contribution < -0.4 is 11.3 Å². The molecule has 2 N–H and O–H groups in total. The zero-order valence-corrected chi connectivity index (χ0v) is 8.57. The van der Waals surface area contributed by atoms with E-state index in [2.05, 4.69) is 20.9 Å². The van der Waals surface area contributed by atoms with Gasteiger partial charge in [-0.25, -0.2) is 4.98 Å². The molecule has 0 aliphatic carbocycles. The minimum Gasteiger partial charge on any atom is -0.327 e. The molecule has 0 unspecified atom stereocenters. The number of halogens is 1. The number of hydrogen-bond acceptors (Lipinski definition) is 3. The summed E-state index contributed by atoms with van der Waals surface area (Å²) >= 11 is 3.11. The fraction of sp³-hybridized carbons (Fsp3) is 0.250. The van der Waals surface area contributed by atoms with Crippen LogP contribution in [0.3, 0.4) is 0 Å². The Kier molecular flexibility index (Phi) is 3.85. The van der Waals surface area contributed by atoms with Crippen LogP contribution in [0.15, 0.2) is 33.9 Å².